The molecule has 102 valence electrons. The van der Waals surface area contributed by atoms with Gasteiger partial charge in [0.05, 0.1) is 37.5 Å². The second kappa shape index (κ2) is 4.99. The van der Waals surface area contributed by atoms with Crippen LogP contribution in [0.2, 0.25) is 0 Å². The van der Waals surface area contributed by atoms with E-state index in [-0.39, 0.29) is 6.04 Å². The van der Waals surface area contributed by atoms with Crippen molar-refractivity contribution in [1.29, 1.82) is 0 Å². The second-order valence-corrected chi connectivity index (χ2v) is 6.51. The summed E-state index contributed by atoms with van der Waals surface area (Å²) in [5, 5.41) is 0. The summed E-state index contributed by atoms with van der Waals surface area (Å²) >= 11 is 0. The largest absolute Gasteiger partial charge is 0.380 e. The van der Waals surface area contributed by atoms with E-state index in [0.29, 0.717) is 26.2 Å². The van der Waals surface area contributed by atoms with E-state index in [2.05, 4.69) is 4.98 Å². The van der Waals surface area contributed by atoms with Crippen LogP contribution in [0.1, 0.15) is 18.3 Å². The number of rotatable bonds is 4. The van der Waals surface area contributed by atoms with Crippen molar-refractivity contribution in [3.05, 3.63) is 17.7 Å². The minimum atomic E-state index is -3.23. The molecule has 0 N–H and O–H groups in total. The third kappa shape index (κ3) is 2.57. The highest BCUT2D eigenvalue weighted by atomic mass is 32.2. The number of aryl methyl sites for hydroxylation is 1. The molecule has 1 aliphatic rings. The van der Waals surface area contributed by atoms with Crippen LogP contribution >= 0.6 is 0 Å². The van der Waals surface area contributed by atoms with Crippen LogP contribution in [0.5, 0.6) is 0 Å². The van der Waals surface area contributed by atoms with E-state index in [4.69, 9.17) is 4.74 Å². The van der Waals surface area contributed by atoms with Gasteiger partial charge in [-0.2, -0.15) is 4.31 Å². The summed E-state index contributed by atoms with van der Waals surface area (Å²) in [7, 11) is -1.30. The van der Waals surface area contributed by atoms with Gasteiger partial charge in [-0.1, -0.05) is 0 Å². The summed E-state index contributed by atoms with van der Waals surface area (Å²) in [6.07, 6.45) is 3.62. The van der Waals surface area contributed by atoms with Gasteiger partial charge < -0.3 is 9.30 Å². The van der Waals surface area contributed by atoms with Crippen molar-refractivity contribution in [3.8, 4) is 0 Å². The van der Waals surface area contributed by atoms with Crippen molar-refractivity contribution < 1.29 is 13.2 Å². The highest BCUT2D eigenvalue weighted by molar-refractivity contribution is 7.88. The maximum atomic E-state index is 11.8. The molecular formula is C11H19N3O3S. The Bertz CT molecular complexity index is 524. The molecule has 0 saturated carbocycles. The van der Waals surface area contributed by atoms with E-state index in [1.807, 2.05) is 18.5 Å². The van der Waals surface area contributed by atoms with Crippen LogP contribution in [0.3, 0.4) is 0 Å². The van der Waals surface area contributed by atoms with Crippen molar-refractivity contribution in [3.63, 3.8) is 0 Å². The van der Waals surface area contributed by atoms with Gasteiger partial charge in [-0.3, -0.25) is 0 Å². The van der Waals surface area contributed by atoms with Gasteiger partial charge in [-0.15, -0.1) is 0 Å². The quantitative estimate of drug-likeness (QED) is 0.783. The summed E-state index contributed by atoms with van der Waals surface area (Å²) in [5.41, 5.74) is 1.94. The molecule has 0 radical (unpaired) electrons. The number of hydrogen-bond donors (Lipinski definition) is 0. The van der Waals surface area contributed by atoms with E-state index in [9.17, 15) is 8.42 Å². The molecule has 6 nitrogen and oxygen atoms in total. The Kier molecular flexibility index (Phi) is 3.74. The fourth-order valence-electron chi connectivity index (χ4n) is 2.28. The zero-order valence-electron chi connectivity index (χ0n) is 11.0. The van der Waals surface area contributed by atoms with E-state index < -0.39 is 10.0 Å². The van der Waals surface area contributed by atoms with Gasteiger partial charge in [0.15, 0.2) is 0 Å². The first-order chi connectivity index (χ1) is 8.43. The molecule has 0 spiro atoms. The third-order valence-electron chi connectivity index (χ3n) is 3.23. The summed E-state index contributed by atoms with van der Waals surface area (Å²) in [4.78, 5) is 4.25. The average Bonchev–Trinajstić information content (AvgIpc) is 2.66. The van der Waals surface area contributed by atoms with Gasteiger partial charge in [0.2, 0.25) is 10.0 Å². The predicted octanol–water partition coefficient (Wildman–Crippen LogP) is 0.143. The normalized spacial score (nSPS) is 20.9. The summed E-state index contributed by atoms with van der Waals surface area (Å²) in [5.74, 6) is 0. The van der Waals surface area contributed by atoms with Crippen molar-refractivity contribution in [1.82, 2.24) is 13.9 Å². The van der Waals surface area contributed by atoms with E-state index >= 15 is 0 Å². The van der Waals surface area contributed by atoms with Crippen LogP contribution in [0.25, 0.3) is 0 Å². The van der Waals surface area contributed by atoms with Crippen LogP contribution in [0.4, 0.5) is 0 Å². The molecule has 0 aromatic carbocycles. The Morgan fingerprint density at radius 1 is 1.56 bits per heavy atom. The molecule has 0 amide bonds. The Morgan fingerprint density at radius 2 is 2.28 bits per heavy atom. The first-order valence-corrected chi connectivity index (χ1v) is 7.82. The maximum Gasteiger partial charge on any atom is 0.211 e. The van der Waals surface area contributed by atoms with E-state index in [1.165, 1.54) is 10.6 Å². The molecule has 0 fully saturated rings. The molecule has 7 heteroatoms. The van der Waals surface area contributed by atoms with Gasteiger partial charge in [0.25, 0.3) is 0 Å². The third-order valence-corrected chi connectivity index (χ3v) is 4.51. The van der Waals surface area contributed by atoms with Crippen molar-refractivity contribution in [2.75, 3.05) is 19.5 Å². The molecule has 2 rings (SSSR count). The van der Waals surface area contributed by atoms with Crippen LogP contribution in [-0.2, 0) is 34.8 Å². The second-order valence-electron chi connectivity index (χ2n) is 4.57. The minimum absolute atomic E-state index is 0.136. The molecule has 0 saturated heterocycles. The van der Waals surface area contributed by atoms with E-state index in [0.717, 1.165) is 11.4 Å². The van der Waals surface area contributed by atoms with Crippen molar-refractivity contribution in [2.24, 2.45) is 7.05 Å². The Labute approximate surface area is 108 Å². The molecule has 18 heavy (non-hydrogen) atoms. The minimum Gasteiger partial charge on any atom is -0.380 e. The zero-order valence-corrected chi connectivity index (χ0v) is 11.8. The summed E-state index contributed by atoms with van der Waals surface area (Å²) in [6.45, 7) is 3.26. The Hall–Kier alpha value is -0.920. The van der Waals surface area contributed by atoms with Gasteiger partial charge >= 0.3 is 0 Å². The molecule has 0 unspecified atom stereocenters. The lowest BCUT2D eigenvalue weighted by Crippen LogP contribution is -2.46. The number of nitrogens with zero attached hydrogens (tertiary/aromatic N) is 3. The number of hydrogen-bond acceptors (Lipinski definition) is 4. The van der Waals surface area contributed by atoms with E-state index in [1.54, 1.807) is 6.33 Å². The molecule has 1 aliphatic heterocycles. The average molecular weight is 273 g/mol. The van der Waals surface area contributed by atoms with Crippen molar-refractivity contribution >= 4 is 10.0 Å². The standard InChI is InChI=1S/C11H19N3O3S/c1-4-17-7-9-5-11-10(12-8-13(11)2)6-14(9)18(3,15)16/h8-9H,4-7H2,1-3H3/t9-/m0/s1. The zero-order chi connectivity index (χ0) is 13.3. The molecular weight excluding hydrogens is 254 g/mol. The lowest BCUT2D eigenvalue weighted by molar-refractivity contribution is 0.0905. The Morgan fingerprint density at radius 3 is 2.89 bits per heavy atom. The van der Waals surface area contributed by atoms with Gasteiger partial charge in [-0.25, -0.2) is 13.4 Å². The predicted molar refractivity (Wildman–Crippen MR) is 67.6 cm³/mol. The lowest BCUT2D eigenvalue weighted by Gasteiger charge is -2.33. The van der Waals surface area contributed by atoms with Crippen molar-refractivity contribution in [2.45, 2.75) is 25.9 Å². The topological polar surface area (TPSA) is 64.4 Å². The highest BCUT2D eigenvalue weighted by Gasteiger charge is 2.34. The SMILES string of the molecule is CCOC[C@@H]1Cc2c(ncn2C)CN1S(C)(=O)=O. The van der Waals surface area contributed by atoms with Gasteiger partial charge in [0.1, 0.15) is 0 Å². The van der Waals surface area contributed by atoms with Crippen LogP contribution in [0, 0.1) is 0 Å². The molecule has 1 aromatic rings. The first-order valence-electron chi connectivity index (χ1n) is 5.97. The van der Waals surface area contributed by atoms with Crippen LogP contribution in [0.15, 0.2) is 6.33 Å². The molecule has 0 aliphatic carbocycles. The number of imidazole rings is 1. The molecule has 1 aromatic heterocycles. The number of fused-ring (bicyclic) bond motifs is 1. The molecule has 2 heterocycles. The number of sulfonamides is 1. The Balaban J connectivity index is 2.29. The fraction of sp³-hybridized carbons (Fsp3) is 0.727. The monoisotopic (exact) mass is 273 g/mol. The van der Waals surface area contributed by atoms with Gasteiger partial charge in [0, 0.05) is 25.8 Å². The fourth-order valence-corrected chi connectivity index (χ4v) is 3.32. The van der Waals surface area contributed by atoms with Crippen LogP contribution in [-0.4, -0.2) is 47.8 Å². The maximum absolute atomic E-state index is 11.8. The lowest BCUT2D eigenvalue weighted by atomic mass is 10.1. The number of ether oxygens (including phenoxy) is 1. The summed E-state index contributed by atoms with van der Waals surface area (Å²) in [6, 6.07) is -0.136. The molecule has 1 atom stereocenters. The first kappa shape index (κ1) is 13.5. The number of aromatic nitrogens is 2. The smallest absolute Gasteiger partial charge is 0.211 e. The molecule has 0 bridgehead atoms. The van der Waals surface area contributed by atoms with Gasteiger partial charge in [-0.05, 0) is 6.92 Å². The highest BCUT2D eigenvalue weighted by Crippen LogP contribution is 2.24. The van der Waals surface area contributed by atoms with Crippen LogP contribution < -0.4 is 0 Å². The summed E-state index contributed by atoms with van der Waals surface area (Å²) < 4.78 is 32.5.